The molecule has 0 aromatic carbocycles. The molecule has 2 saturated heterocycles. The fourth-order valence-electron chi connectivity index (χ4n) is 3.09. The molecule has 16 heavy (non-hydrogen) atoms. The highest BCUT2D eigenvalue weighted by molar-refractivity contribution is 4.96. The summed E-state index contributed by atoms with van der Waals surface area (Å²) >= 11 is 0. The van der Waals surface area contributed by atoms with Crippen LogP contribution >= 0.6 is 0 Å². The van der Waals surface area contributed by atoms with Gasteiger partial charge in [0.2, 0.25) is 0 Å². The molecular formula is C13H25NO2. The second-order valence-corrected chi connectivity index (χ2v) is 5.34. The highest BCUT2D eigenvalue weighted by Crippen LogP contribution is 2.32. The van der Waals surface area contributed by atoms with E-state index in [0.717, 1.165) is 45.3 Å². The Bertz CT molecular complexity index is 214. The SMILES string of the molecule is CCCC1CC(O)(C2CCCCN2)CCO1. The van der Waals surface area contributed by atoms with Gasteiger partial charge in [-0.1, -0.05) is 19.8 Å². The molecule has 0 spiro atoms. The molecule has 0 amide bonds. The first-order chi connectivity index (χ1) is 7.74. The largest absolute Gasteiger partial charge is 0.388 e. The van der Waals surface area contributed by atoms with E-state index < -0.39 is 5.60 Å². The molecule has 3 heteroatoms. The third-order valence-electron chi connectivity index (χ3n) is 4.04. The van der Waals surface area contributed by atoms with Gasteiger partial charge in [0.1, 0.15) is 0 Å². The minimum atomic E-state index is -0.515. The van der Waals surface area contributed by atoms with E-state index in [1.54, 1.807) is 0 Å². The van der Waals surface area contributed by atoms with Gasteiger partial charge < -0.3 is 15.2 Å². The molecule has 0 aromatic heterocycles. The van der Waals surface area contributed by atoms with E-state index in [1.807, 2.05) is 0 Å². The number of ether oxygens (including phenoxy) is 1. The van der Waals surface area contributed by atoms with Gasteiger partial charge >= 0.3 is 0 Å². The Morgan fingerprint density at radius 3 is 3.00 bits per heavy atom. The van der Waals surface area contributed by atoms with Gasteiger partial charge in [0.25, 0.3) is 0 Å². The van der Waals surface area contributed by atoms with Crippen molar-refractivity contribution < 1.29 is 9.84 Å². The van der Waals surface area contributed by atoms with E-state index >= 15 is 0 Å². The van der Waals surface area contributed by atoms with Gasteiger partial charge in [-0.15, -0.1) is 0 Å². The van der Waals surface area contributed by atoms with Crippen LogP contribution in [0.2, 0.25) is 0 Å². The summed E-state index contributed by atoms with van der Waals surface area (Å²) in [6, 6.07) is 0.296. The Morgan fingerprint density at radius 2 is 2.31 bits per heavy atom. The smallest absolute Gasteiger partial charge is 0.0846 e. The van der Waals surface area contributed by atoms with Gasteiger partial charge in [-0.3, -0.25) is 0 Å². The number of piperidine rings is 1. The average Bonchev–Trinajstić information content (AvgIpc) is 2.31. The van der Waals surface area contributed by atoms with Crippen molar-refractivity contribution in [2.24, 2.45) is 0 Å². The fourth-order valence-corrected chi connectivity index (χ4v) is 3.09. The summed E-state index contributed by atoms with van der Waals surface area (Å²) in [7, 11) is 0. The Morgan fingerprint density at radius 1 is 1.44 bits per heavy atom. The third-order valence-corrected chi connectivity index (χ3v) is 4.04. The van der Waals surface area contributed by atoms with Crippen LogP contribution in [-0.2, 0) is 4.74 Å². The van der Waals surface area contributed by atoms with Crippen molar-refractivity contribution >= 4 is 0 Å². The number of rotatable bonds is 3. The Balaban J connectivity index is 1.93. The lowest BCUT2D eigenvalue weighted by Gasteiger charge is -2.44. The van der Waals surface area contributed by atoms with Crippen LogP contribution in [0, 0.1) is 0 Å². The van der Waals surface area contributed by atoms with E-state index in [1.165, 1.54) is 12.8 Å². The third kappa shape index (κ3) is 2.76. The van der Waals surface area contributed by atoms with Gasteiger partial charge in [-0.25, -0.2) is 0 Å². The van der Waals surface area contributed by atoms with Crippen LogP contribution in [-0.4, -0.2) is 36.0 Å². The van der Waals surface area contributed by atoms with Gasteiger partial charge in [0.05, 0.1) is 11.7 Å². The van der Waals surface area contributed by atoms with Crippen LogP contribution in [0.1, 0.15) is 51.9 Å². The molecule has 0 aliphatic carbocycles. The lowest BCUT2D eigenvalue weighted by atomic mass is 9.79. The fraction of sp³-hybridized carbons (Fsp3) is 1.00. The number of aliphatic hydroxyl groups is 1. The van der Waals surface area contributed by atoms with Gasteiger partial charge in [-0.2, -0.15) is 0 Å². The highest BCUT2D eigenvalue weighted by Gasteiger charge is 2.41. The normalized spacial score (nSPS) is 40.9. The molecule has 3 nitrogen and oxygen atoms in total. The van der Waals surface area contributed by atoms with Crippen LogP contribution in [0.4, 0.5) is 0 Å². The summed E-state index contributed by atoms with van der Waals surface area (Å²) in [6.07, 6.45) is 7.72. The standard InChI is InChI=1S/C13H25NO2/c1-2-5-11-10-13(15,7-9-16-11)12-6-3-4-8-14-12/h11-12,14-15H,2-10H2,1H3. The van der Waals surface area contributed by atoms with E-state index in [4.69, 9.17) is 4.74 Å². The van der Waals surface area contributed by atoms with Crippen LogP contribution < -0.4 is 5.32 Å². The minimum Gasteiger partial charge on any atom is -0.388 e. The van der Waals surface area contributed by atoms with Gasteiger partial charge in [-0.05, 0) is 25.8 Å². The monoisotopic (exact) mass is 227 g/mol. The van der Waals surface area contributed by atoms with Crippen molar-refractivity contribution in [3.8, 4) is 0 Å². The molecule has 2 fully saturated rings. The molecule has 0 radical (unpaired) electrons. The Labute approximate surface area is 98.6 Å². The maximum atomic E-state index is 10.8. The van der Waals surface area contributed by atoms with Crippen LogP contribution in [0.3, 0.4) is 0 Å². The number of hydrogen-bond donors (Lipinski definition) is 2. The number of nitrogens with one attached hydrogen (secondary N) is 1. The van der Waals surface area contributed by atoms with Gasteiger partial charge in [0, 0.05) is 25.5 Å². The van der Waals surface area contributed by atoms with Crippen molar-refractivity contribution in [2.75, 3.05) is 13.2 Å². The molecule has 3 atom stereocenters. The molecule has 2 aliphatic rings. The summed E-state index contributed by atoms with van der Waals surface area (Å²) in [5, 5.41) is 14.2. The first-order valence-electron chi connectivity index (χ1n) is 6.82. The maximum absolute atomic E-state index is 10.8. The molecule has 2 rings (SSSR count). The molecule has 0 aromatic rings. The summed E-state index contributed by atoms with van der Waals surface area (Å²) < 4.78 is 5.72. The van der Waals surface area contributed by atoms with Crippen molar-refractivity contribution in [3.63, 3.8) is 0 Å². The minimum absolute atomic E-state index is 0.271. The zero-order chi connectivity index (χ0) is 11.4. The lowest BCUT2D eigenvalue weighted by molar-refractivity contribution is -0.125. The Kier molecular flexibility index (Phi) is 4.22. The first kappa shape index (κ1) is 12.3. The zero-order valence-electron chi connectivity index (χ0n) is 10.4. The van der Waals surface area contributed by atoms with E-state index in [-0.39, 0.29) is 6.10 Å². The van der Waals surface area contributed by atoms with Crippen molar-refractivity contribution in [1.29, 1.82) is 0 Å². The predicted molar refractivity (Wildman–Crippen MR) is 64.5 cm³/mol. The van der Waals surface area contributed by atoms with Crippen LogP contribution in [0.25, 0.3) is 0 Å². The molecular weight excluding hydrogens is 202 g/mol. The van der Waals surface area contributed by atoms with Crippen LogP contribution in [0.15, 0.2) is 0 Å². The molecule has 0 bridgehead atoms. The molecule has 2 aliphatic heterocycles. The van der Waals surface area contributed by atoms with Crippen molar-refractivity contribution in [1.82, 2.24) is 5.32 Å². The van der Waals surface area contributed by atoms with Crippen molar-refractivity contribution in [2.45, 2.75) is 69.6 Å². The predicted octanol–water partition coefficient (Wildman–Crippen LogP) is 1.84. The summed E-state index contributed by atoms with van der Waals surface area (Å²) in [5.41, 5.74) is -0.515. The quantitative estimate of drug-likeness (QED) is 0.773. The van der Waals surface area contributed by atoms with Gasteiger partial charge in [0.15, 0.2) is 0 Å². The lowest BCUT2D eigenvalue weighted by Crippen LogP contribution is -2.56. The Hall–Kier alpha value is -0.120. The zero-order valence-corrected chi connectivity index (χ0v) is 10.4. The van der Waals surface area contributed by atoms with E-state index in [9.17, 15) is 5.11 Å². The second kappa shape index (κ2) is 5.48. The summed E-state index contributed by atoms with van der Waals surface area (Å²) in [5.74, 6) is 0. The molecule has 0 saturated carbocycles. The topological polar surface area (TPSA) is 41.5 Å². The van der Waals surface area contributed by atoms with Crippen molar-refractivity contribution in [3.05, 3.63) is 0 Å². The van der Waals surface area contributed by atoms with E-state index in [0.29, 0.717) is 6.04 Å². The highest BCUT2D eigenvalue weighted by atomic mass is 16.5. The average molecular weight is 227 g/mol. The van der Waals surface area contributed by atoms with Crippen LogP contribution in [0.5, 0.6) is 0 Å². The molecule has 3 unspecified atom stereocenters. The molecule has 2 N–H and O–H groups in total. The second-order valence-electron chi connectivity index (χ2n) is 5.34. The first-order valence-corrected chi connectivity index (χ1v) is 6.82. The molecule has 2 heterocycles. The summed E-state index contributed by atoms with van der Waals surface area (Å²) in [4.78, 5) is 0. The number of hydrogen-bond acceptors (Lipinski definition) is 3. The van der Waals surface area contributed by atoms with E-state index in [2.05, 4.69) is 12.2 Å². The maximum Gasteiger partial charge on any atom is 0.0846 e. The summed E-state index contributed by atoms with van der Waals surface area (Å²) in [6.45, 7) is 3.96. The molecule has 94 valence electrons.